The third kappa shape index (κ3) is 5.63. The molecule has 1 atom stereocenters. The van der Waals surface area contributed by atoms with Gasteiger partial charge in [0.15, 0.2) is 5.82 Å². The quantitative estimate of drug-likeness (QED) is 0.255. The van der Waals surface area contributed by atoms with Crippen molar-refractivity contribution in [1.29, 1.82) is 0 Å². The first-order chi connectivity index (χ1) is 17.4. The summed E-state index contributed by atoms with van der Waals surface area (Å²) in [7, 11) is 0. The fourth-order valence-corrected chi connectivity index (χ4v) is 4.30. The predicted molar refractivity (Wildman–Crippen MR) is 142 cm³/mol. The van der Waals surface area contributed by atoms with Crippen LogP contribution in [0.1, 0.15) is 49.6 Å². The van der Waals surface area contributed by atoms with Crippen molar-refractivity contribution in [2.24, 2.45) is 11.5 Å². The number of fused-ring (bicyclic) bond motifs is 3. The number of hydrogen-bond acceptors (Lipinski definition) is 6. The molecule has 0 radical (unpaired) electrons. The minimum Gasteiger partial charge on any atom is -0.382 e. The van der Waals surface area contributed by atoms with Gasteiger partial charge in [0.05, 0.1) is 17.1 Å². The van der Waals surface area contributed by atoms with Crippen LogP contribution in [0.3, 0.4) is 0 Å². The number of imidazole rings is 1. The minimum atomic E-state index is -0.760. The number of aromatic nitrogens is 3. The number of primary amides is 1. The number of rotatable bonds is 11. The molecule has 4 aromatic rings. The Kier molecular flexibility index (Phi) is 7.80. The summed E-state index contributed by atoms with van der Waals surface area (Å²) in [6.07, 6.45) is 3.29. The van der Waals surface area contributed by atoms with E-state index in [1.54, 1.807) is 0 Å². The van der Waals surface area contributed by atoms with Gasteiger partial charge in [0, 0.05) is 31.3 Å². The van der Waals surface area contributed by atoms with E-state index < -0.39 is 11.9 Å². The van der Waals surface area contributed by atoms with Crippen molar-refractivity contribution >= 4 is 39.6 Å². The van der Waals surface area contributed by atoms with Crippen LogP contribution in [0.4, 0.5) is 5.82 Å². The Hall–Kier alpha value is -3.98. The van der Waals surface area contributed by atoms with Crippen molar-refractivity contribution in [2.45, 2.75) is 58.2 Å². The first kappa shape index (κ1) is 25.1. The molecule has 9 heteroatoms. The van der Waals surface area contributed by atoms with E-state index in [-0.39, 0.29) is 18.7 Å². The van der Waals surface area contributed by atoms with E-state index in [1.165, 1.54) is 0 Å². The normalized spacial score (nSPS) is 12.2. The van der Waals surface area contributed by atoms with Crippen LogP contribution in [0.5, 0.6) is 0 Å². The fourth-order valence-electron chi connectivity index (χ4n) is 4.30. The van der Waals surface area contributed by atoms with E-state index in [0.717, 1.165) is 58.2 Å². The lowest BCUT2D eigenvalue weighted by Gasteiger charge is -2.13. The molecule has 0 saturated heterocycles. The molecule has 2 heterocycles. The first-order valence-corrected chi connectivity index (χ1v) is 12.3. The lowest BCUT2D eigenvalue weighted by atomic mass is 10.1. The Labute approximate surface area is 210 Å². The maximum Gasteiger partial charge on any atom is 0.237 e. The van der Waals surface area contributed by atoms with Gasteiger partial charge in [0.1, 0.15) is 11.3 Å². The number of pyridine rings is 1. The Morgan fingerprint density at radius 2 is 1.78 bits per heavy atom. The molecule has 0 saturated carbocycles. The van der Waals surface area contributed by atoms with Gasteiger partial charge in [-0.15, -0.1) is 0 Å². The second-order valence-corrected chi connectivity index (χ2v) is 9.07. The molecule has 0 bridgehead atoms. The second kappa shape index (κ2) is 11.2. The van der Waals surface area contributed by atoms with Crippen molar-refractivity contribution in [3.63, 3.8) is 0 Å². The zero-order valence-corrected chi connectivity index (χ0v) is 20.5. The number of nitrogen functional groups attached to an aromatic ring is 1. The van der Waals surface area contributed by atoms with Crippen LogP contribution < -0.4 is 22.5 Å². The molecule has 0 aliphatic heterocycles. The summed E-state index contributed by atoms with van der Waals surface area (Å²) < 4.78 is 2.25. The van der Waals surface area contributed by atoms with Crippen molar-refractivity contribution in [3.8, 4) is 0 Å². The van der Waals surface area contributed by atoms with E-state index in [4.69, 9.17) is 22.2 Å². The van der Waals surface area contributed by atoms with Gasteiger partial charge in [-0.1, -0.05) is 55.8 Å². The predicted octanol–water partition coefficient (Wildman–Crippen LogP) is 2.77. The van der Waals surface area contributed by atoms with E-state index in [0.29, 0.717) is 18.9 Å². The summed E-state index contributed by atoms with van der Waals surface area (Å²) >= 11 is 0. The van der Waals surface area contributed by atoms with Crippen LogP contribution in [0.25, 0.3) is 21.9 Å². The molecule has 7 N–H and O–H groups in total. The van der Waals surface area contributed by atoms with E-state index in [9.17, 15) is 9.59 Å². The standard InChI is InChI=1S/C27H33N7O2/c1-2-3-8-23-33-24-25(19-6-4-5-7-21(19)32-26(24)30)34(23)16-18-11-9-17(10-12-18)15-31-27(36)20(28)13-14-22(29)35/h4-7,9-12,20H,2-3,8,13-16,28H2,1H3,(H2,29,35)(H2,30,32)(H,31,36)/t20-/m0/s1. The van der Waals surface area contributed by atoms with Crippen LogP contribution in [0.15, 0.2) is 48.5 Å². The molecule has 0 spiro atoms. The zero-order valence-electron chi connectivity index (χ0n) is 20.5. The van der Waals surface area contributed by atoms with Crippen molar-refractivity contribution in [3.05, 3.63) is 65.5 Å². The van der Waals surface area contributed by atoms with Gasteiger partial charge in [-0.25, -0.2) is 9.97 Å². The molecule has 0 fully saturated rings. The fraction of sp³-hybridized carbons (Fsp3) is 0.333. The SMILES string of the molecule is CCCCc1nc2c(N)nc3ccccc3c2n1Cc1ccc(CNC(=O)[C@@H](N)CCC(N)=O)cc1. The number of nitrogens with one attached hydrogen (secondary N) is 1. The molecular weight excluding hydrogens is 454 g/mol. The zero-order chi connectivity index (χ0) is 25.7. The van der Waals surface area contributed by atoms with Crippen LogP contribution in [0.2, 0.25) is 0 Å². The van der Waals surface area contributed by atoms with Crippen LogP contribution in [0, 0.1) is 0 Å². The van der Waals surface area contributed by atoms with Gasteiger partial charge in [-0.3, -0.25) is 9.59 Å². The molecule has 2 aromatic carbocycles. The number of carbonyl (C=O) groups is 2. The first-order valence-electron chi connectivity index (χ1n) is 12.3. The molecule has 2 amide bonds. The van der Waals surface area contributed by atoms with Crippen molar-refractivity contribution in [1.82, 2.24) is 19.9 Å². The molecule has 2 aromatic heterocycles. The largest absolute Gasteiger partial charge is 0.382 e. The second-order valence-electron chi connectivity index (χ2n) is 9.07. The molecule has 0 aliphatic rings. The monoisotopic (exact) mass is 487 g/mol. The molecule has 9 nitrogen and oxygen atoms in total. The highest BCUT2D eigenvalue weighted by Crippen LogP contribution is 2.30. The maximum absolute atomic E-state index is 12.2. The Bertz CT molecular complexity index is 1380. The molecule has 4 rings (SSSR count). The molecule has 36 heavy (non-hydrogen) atoms. The number of anilines is 1. The number of nitrogens with zero attached hydrogens (tertiary/aromatic N) is 3. The summed E-state index contributed by atoms with van der Waals surface area (Å²) in [5.41, 5.74) is 21.9. The summed E-state index contributed by atoms with van der Waals surface area (Å²) in [4.78, 5) is 32.5. The molecule has 0 unspecified atom stereocenters. The van der Waals surface area contributed by atoms with Crippen molar-refractivity contribution < 1.29 is 9.59 Å². The Balaban J connectivity index is 1.55. The number of unbranched alkanes of at least 4 members (excludes halogenated alkanes) is 1. The number of carbonyl (C=O) groups excluding carboxylic acids is 2. The Morgan fingerprint density at radius 3 is 2.50 bits per heavy atom. The van der Waals surface area contributed by atoms with Gasteiger partial charge >= 0.3 is 0 Å². The van der Waals surface area contributed by atoms with E-state index in [1.807, 2.05) is 30.3 Å². The third-order valence-corrected chi connectivity index (χ3v) is 6.31. The highest BCUT2D eigenvalue weighted by atomic mass is 16.2. The number of nitrogens with two attached hydrogens (primary N) is 3. The number of para-hydroxylation sites is 1. The van der Waals surface area contributed by atoms with Crippen LogP contribution in [-0.2, 0) is 29.1 Å². The Morgan fingerprint density at radius 1 is 1.06 bits per heavy atom. The summed E-state index contributed by atoms with van der Waals surface area (Å²) in [6, 6.07) is 15.3. The molecular formula is C27H33N7O2. The molecule has 0 aliphatic carbocycles. The lowest BCUT2D eigenvalue weighted by Crippen LogP contribution is -2.40. The average molecular weight is 488 g/mol. The summed E-state index contributed by atoms with van der Waals surface area (Å²) in [5.74, 6) is 0.673. The highest BCUT2D eigenvalue weighted by molar-refractivity contribution is 6.06. The van der Waals surface area contributed by atoms with Crippen molar-refractivity contribution in [2.75, 3.05) is 5.73 Å². The topological polar surface area (TPSA) is 155 Å². The lowest BCUT2D eigenvalue weighted by molar-refractivity contribution is -0.123. The van der Waals surface area contributed by atoms with Gasteiger partial charge in [0.2, 0.25) is 11.8 Å². The van der Waals surface area contributed by atoms with Gasteiger partial charge in [0.25, 0.3) is 0 Å². The highest BCUT2D eigenvalue weighted by Gasteiger charge is 2.18. The van der Waals surface area contributed by atoms with Gasteiger partial charge in [-0.05, 0) is 30.0 Å². The summed E-state index contributed by atoms with van der Waals surface area (Å²) in [6.45, 7) is 3.17. The number of hydrogen-bond donors (Lipinski definition) is 4. The molecule has 188 valence electrons. The van der Waals surface area contributed by atoms with Crippen LogP contribution >= 0.6 is 0 Å². The van der Waals surface area contributed by atoms with E-state index in [2.05, 4.69) is 40.0 Å². The minimum absolute atomic E-state index is 0.0868. The van der Waals surface area contributed by atoms with Gasteiger partial charge in [-0.2, -0.15) is 0 Å². The summed E-state index contributed by atoms with van der Waals surface area (Å²) in [5, 5.41) is 3.85. The maximum atomic E-state index is 12.2. The smallest absolute Gasteiger partial charge is 0.237 e. The third-order valence-electron chi connectivity index (χ3n) is 6.31. The van der Waals surface area contributed by atoms with Crippen LogP contribution in [-0.4, -0.2) is 32.4 Å². The average Bonchev–Trinajstić information content (AvgIpc) is 3.24. The number of amides is 2. The van der Waals surface area contributed by atoms with E-state index >= 15 is 0 Å². The number of aryl methyl sites for hydroxylation is 1. The number of benzene rings is 2. The van der Waals surface area contributed by atoms with Gasteiger partial charge < -0.3 is 27.1 Å².